The number of carbonyl (C=O) groups excluding carboxylic acids is 1. The highest BCUT2D eigenvalue weighted by molar-refractivity contribution is 6.05. The van der Waals surface area contributed by atoms with Crippen molar-refractivity contribution in [2.45, 2.75) is 69.4 Å². The standard InChI is InChI=1S/C28H33NO4/c1-20-24(30)22-14-11-15-23(26(31)32)25(22)33-28(20,21-12-5-2-6-13-21)27(16-7-3-8-17-27)29-18-9-4-10-19-29/h2,5-6,11-15,20H,3-4,7-10,16-19H2,1H3,(H,31,32)/t20-,28-/m1/s1. The molecule has 5 nitrogen and oxygen atoms in total. The number of fused-ring (bicyclic) bond motifs is 1. The number of ether oxygens (including phenoxy) is 1. The second-order valence-corrected chi connectivity index (χ2v) is 9.92. The van der Waals surface area contributed by atoms with Crippen molar-refractivity contribution in [2.24, 2.45) is 5.92 Å². The predicted molar refractivity (Wildman–Crippen MR) is 127 cm³/mol. The van der Waals surface area contributed by atoms with E-state index in [2.05, 4.69) is 17.0 Å². The van der Waals surface area contributed by atoms with Crippen LogP contribution in [0.4, 0.5) is 0 Å². The van der Waals surface area contributed by atoms with Gasteiger partial charge in [0.05, 0.1) is 17.0 Å². The zero-order chi connectivity index (χ0) is 23.1. The smallest absolute Gasteiger partial charge is 0.339 e. The van der Waals surface area contributed by atoms with E-state index in [1.165, 1.54) is 12.8 Å². The maximum Gasteiger partial charge on any atom is 0.339 e. The number of carbonyl (C=O) groups is 2. The normalized spacial score (nSPS) is 27.4. The van der Waals surface area contributed by atoms with Crippen molar-refractivity contribution in [3.8, 4) is 5.75 Å². The molecule has 5 rings (SSSR count). The van der Waals surface area contributed by atoms with Gasteiger partial charge in [-0.15, -0.1) is 0 Å². The number of nitrogens with zero attached hydrogens (tertiary/aromatic N) is 1. The molecule has 174 valence electrons. The molecule has 1 aliphatic carbocycles. The maximum atomic E-state index is 14.0. The van der Waals surface area contributed by atoms with Crippen molar-refractivity contribution in [1.82, 2.24) is 4.90 Å². The molecule has 0 spiro atoms. The lowest BCUT2D eigenvalue weighted by Gasteiger charge is -2.61. The number of Topliss-reactive ketones (excluding diaryl/α,β-unsaturated/α-hetero) is 1. The van der Waals surface area contributed by atoms with Gasteiger partial charge in [-0.05, 0) is 56.5 Å². The van der Waals surface area contributed by atoms with E-state index in [1.54, 1.807) is 18.2 Å². The van der Waals surface area contributed by atoms with Gasteiger partial charge >= 0.3 is 5.97 Å². The molecule has 0 radical (unpaired) electrons. The molecule has 1 saturated heterocycles. The number of piperidine rings is 1. The Hall–Kier alpha value is -2.66. The van der Waals surface area contributed by atoms with Crippen LogP contribution in [0, 0.1) is 5.92 Å². The molecule has 1 N–H and O–H groups in total. The average Bonchev–Trinajstić information content (AvgIpc) is 2.87. The van der Waals surface area contributed by atoms with Crippen LogP contribution in [0.2, 0.25) is 0 Å². The zero-order valence-corrected chi connectivity index (χ0v) is 19.4. The number of ketones is 1. The van der Waals surface area contributed by atoms with Crippen LogP contribution >= 0.6 is 0 Å². The molecule has 0 amide bonds. The van der Waals surface area contributed by atoms with Crippen LogP contribution in [0.5, 0.6) is 5.75 Å². The third-order valence-electron chi connectivity index (χ3n) is 8.31. The van der Waals surface area contributed by atoms with Gasteiger partial charge in [0.25, 0.3) is 0 Å². The Morgan fingerprint density at radius 1 is 0.939 bits per heavy atom. The molecule has 0 aromatic heterocycles. The Morgan fingerprint density at radius 2 is 1.61 bits per heavy atom. The zero-order valence-electron chi connectivity index (χ0n) is 19.4. The average molecular weight is 448 g/mol. The summed E-state index contributed by atoms with van der Waals surface area (Å²) in [6.07, 6.45) is 8.77. The van der Waals surface area contributed by atoms with Crippen LogP contribution in [0.25, 0.3) is 0 Å². The van der Waals surface area contributed by atoms with Gasteiger partial charge in [0.1, 0.15) is 11.3 Å². The first-order chi connectivity index (χ1) is 16.0. The second-order valence-electron chi connectivity index (χ2n) is 9.92. The molecule has 2 fully saturated rings. The van der Waals surface area contributed by atoms with E-state index in [9.17, 15) is 14.7 Å². The molecule has 2 atom stereocenters. The monoisotopic (exact) mass is 447 g/mol. The van der Waals surface area contributed by atoms with Crippen molar-refractivity contribution >= 4 is 11.8 Å². The fraction of sp³-hybridized carbons (Fsp3) is 0.500. The highest BCUT2D eigenvalue weighted by atomic mass is 16.5. The van der Waals surface area contributed by atoms with Crippen LogP contribution in [0.15, 0.2) is 48.5 Å². The number of benzene rings is 2. The third kappa shape index (κ3) is 3.31. The van der Waals surface area contributed by atoms with Crippen LogP contribution in [0.1, 0.15) is 84.6 Å². The summed E-state index contributed by atoms with van der Waals surface area (Å²) in [4.78, 5) is 28.7. The maximum absolute atomic E-state index is 14.0. The molecule has 33 heavy (non-hydrogen) atoms. The van der Waals surface area contributed by atoms with Crippen LogP contribution in [-0.2, 0) is 5.60 Å². The molecule has 5 heteroatoms. The number of hydrogen-bond acceptors (Lipinski definition) is 4. The van der Waals surface area contributed by atoms with E-state index < -0.39 is 17.5 Å². The number of para-hydroxylation sites is 1. The summed E-state index contributed by atoms with van der Waals surface area (Å²) < 4.78 is 7.03. The molecule has 1 saturated carbocycles. The van der Waals surface area contributed by atoms with Crippen molar-refractivity contribution in [1.29, 1.82) is 0 Å². The highest BCUT2D eigenvalue weighted by Crippen LogP contribution is 2.57. The number of carboxylic acid groups (broad SMARTS) is 1. The molecule has 0 unspecified atom stereocenters. The van der Waals surface area contributed by atoms with Gasteiger partial charge in [0.2, 0.25) is 0 Å². The van der Waals surface area contributed by atoms with Crippen molar-refractivity contribution in [3.63, 3.8) is 0 Å². The fourth-order valence-electron chi connectivity index (χ4n) is 6.82. The SMILES string of the molecule is C[C@@H]1C(=O)c2cccc(C(=O)O)c2O[C@]1(c1ccccc1)C1(N2CCCCC2)CCCCC1. The Morgan fingerprint density at radius 3 is 2.27 bits per heavy atom. The molecule has 2 aromatic carbocycles. The minimum absolute atomic E-state index is 0.0230. The minimum atomic E-state index is -1.06. The lowest BCUT2D eigenvalue weighted by atomic mass is 9.58. The lowest BCUT2D eigenvalue weighted by Crippen LogP contribution is -2.70. The summed E-state index contributed by atoms with van der Waals surface area (Å²) in [5.41, 5.74) is 0.132. The summed E-state index contributed by atoms with van der Waals surface area (Å²) in [6.45, 7) is 3.98. The minimum Gasteiger partial charge on any atom is -0.478 e. The quantitative estimate of drug-likeness (QED) is 0.653. The van der Waals surface area contributed by atoms with Gasteiger partial charge in [-0.1, -0.05) is 69.0 Å². The van der Waals surface area contributed by atoms with E-state index in [0.29, 0.717) is 5.56 Å². The molecule has 2 aromatic rings. The van der Waals surface area contributed by atoms with Gasteiger partial charge in [0.15, 0.2) is 11.4 Å². The first kappa shape index (κ1) is 22.1. The van der Waals surface area contributed by atoms with E-state index >= 15 is 0 Å². The predicted octanol–water partition coefficient (Wildman–Crippen LogP) is 5.68. The summed E-state index contributed by atoms with van der Waals surface area (Å²) in [5.74, 6) is -1.28. The van der Waals surface area contributed by atoms with Crippen LogP contribution < -0.4 is 4.74 Å². The number of rotatable bonds is 4. The summed E-state index contributed by atoms with van der Waals surface area (Å²) in [6, 6.07) is 15.0. The van der Waals surface area contributed by atoms with Gasteiger partial charge in [-0.2, -0.15) is 0 Å². The second kappa shape index (κ2) is 8.60. The number of aromatic carboxylic acids is 1. The molecule has 0 bridgehead atoms. The summed E-state index contributed by atoms with van der Waals surface area (Å²) in [5, 5.41) is 9.96. The molecule has 2 heterocycles. The van der Waals surface area contributed by atoms with Gasteiger partial charge in [-0.25, -0.2) is 4.79 Å². The largest absolute Gasteiger partial charge is 0.478 e. The molecule has 3 aliphatic rings. The van der Waals surface area contributed by atoms with Gasteiger partial charge in [0, 0.05) is 0 Å². The first-order valence-corrected chi connectivity index (χ1v) is 12.4. The third-order valence-corrected chi connectivity index (χ3v) is 8.31. The van der Waals surface area contributed by atoms with Crippen molar-refractivity contribution in [3.05, 3.63) is 65.2 Å². The lowest BCUT2D eigenvalue weighted by molar-refractivity contribution is -0.150. The number of likely N-dealkylation sites (tertiary alicyclic amines) is 1. The Labute approximate surface area is 195 Å². The molecule has 2 aliphatic heterocycles. The van der Waals surface area contributed by atoms with Crippen LogP contribution in [-0.4, -0.2) is 40.4 Å². The fourth-order valence-corrected chi connectivity index (χ4v) is 6.82. The van der Waals surface area contributed by atoms with E-state index in [4.69, 9.17) is 4.74 Å². The molecular weight excluding hydrogens is 414 g/mol. The van der Waals surface area contributed by atoms with Crippen LogP contribution in [0.3, 0.4) is 0 Å². The highest BCUT2D eigenvalue weighted by Gasteiger charge is 2.64. The first-order valence-electron chi connectivity index (χ1n) is 12.4. The summed E-state index contributed by atoms with van der Waals surface area (Å²) >= 11 is 0. The number of carboxylic acids is 1. The van der Waals surface area contributed by atoms with Gasteiger partial charge < -0.3 is 9.84 Å². The topological polar surface area (TPSA) is 66.8 Å². The molecular formula is C28H33NO4. The van der Waals surface area contributed by atoms with Crippen molar-refractivity contribution < 1.29 is 19.4 Å². The Kier molecular flexibility index (Phi) is 5.77. The van der Waals surface area contributed by atoms with E-state index in [-0.39, 0.29) is 22.6 Å². The van der Waals surface area contributed by atoms with E-state index in [1.807, 2.05) is 25.1 Å². The Balaban J connectivity index is 1.79. The Bertz CT molecular complexity index is 1040. The summed E-state index contributed by atoms with van der Waals surface area (Å²) in [7, 11) is 0. The number of hydrogen-bond donors (Lipinski definition) is 1. The van der Waals surface area contributed by atoms with E-state index in [0.717, 1.165) is 57.2 Å². The van der Waals surface area contributed by atoms with Crippen molar-refractivity contribution in [2.75, 3.05) is 13.1 Å². The van der Waals surface area contributed by atoms with Gasteiger partial charge in [-0.3, -0.25) is 9.69 Å².